The summed E-state index contributed by atoms with van der Waals surface area (Å²) in [5, 5.41) is 20.7. The number of nitrogens with zero attached hydrogens (tertiary/aromatic N) is 1. The molecule has 0 bridgehead atoms. The lowest BCUT2D eigenvalue weighted by Crippen LogP contribution is -2.24. The predicted octanol–water partition coefficient (Wildman–Crippen LogP) is 3.02. The molecule has 0 amide bonds. The van der Waals surface area contributed by atoms with E-state index in [-0.39, 0.29) is 11.5 Å². The maximum atomic E-state index is 13.4. The molecule has 0 aromatic heterocycles. The van der Waals surface area contributed by atoms with Gasteiger partial charge in [-0.15, -0.1) is 0 Å². The molecule has 0 spiro atoms. The van der Waals surface area contributed by atoms with Crippen molar-refractivity contribution < 1.29 is 14.4 Å². The zero-order valence-corrected chi connectivity index (χ0v) is 10.5. The van der Waals surface area contributed by atoms with Crippen LogP contribution in [-0.2, 0) is 0 Å². The Kier molecular flexibility index (Phi) is 3.99. The summed E-state index contributed by atoms with van der Waals surface area (Å²) in [6, 6.07) is 1.25. The van der Waals surface area contributed by atoms with Crippen LogP contribution in [0.5, 0.6) is 5.75 Å². The van der Waals surface area contributed by atoms with Crippen molar-refractivity contribution in [2.45, 2.75) is 38.1 Å². The van der Waals surface area contributed by atoms with Crippen LogP contribution in [0.15, 0.2) is 12.1 Å². The summed E-state index contributed by atoms with van der Waals surface area (Å²) < 4.78 is 13.4. The van der Waals surface area contributed by atoms with E-state index in [0.29, 0.717) is 6.07 Å². The summed E-state index contributed by atoms with van der Waals surface area (Å²) in [7, 11) is 0. The van der Waals surface area contributed by atoms with Crippen molar-refractivity contribution in [3.05, 3.63) is 33.6 Å². The Balaban J connectivity index is 2.35. The molecule has 0 radical (unpaired) electrons. The molecule has 0 unspecified atom stereocenters. The van der Waals surface area contributed by atoms with Crippen LogP contribution in [0.1, 0.15) is 43.7 Å². The van der Waals surface area contributed by atoms with Gasteiger partial charge in [-0.3, -0.25) is 10.1 Å². The molecule has 1 saturated carbocycles. The lowest BCUT2D eigenvalue weighted by atomic mass is 9.81. The van der Waals surface area contributed by atoms with E-state index in [4.69, 9.17) is 5.73 Å². The number of halogens is 1. The number of hydrogen-bond acceptors (Lipinski definition) is 4. The van der Waals surface area contributed by atoms with Crippen LogP contribution in [0.4, 0.5) is 10.1 Å². The number of benzene rings is 1. The molecule has 1 fully saturated rings. The monoisotopic (exact) mass is 268 g/mol. The van der Waals surface area contributed by atoms with Gasteiger partial charge in [0.15, 0.2) is 5.75 Å². The highest BCUT2D eigenvalue weighted by molar-refractivity contribution is 5.52. The molecule has 1 aromatic rings. The van der Waals surface area contributed by atoms with Crippen molar-refractivity contribution in [1.29, 1.82) is 0 Å². The largest absolute Gasteiger partial charge is 0.502 e. The second kappa shape index (κ2) is 5.52. The molecule has 0 heterocycles. The van der Waals surface area contributed by atoms with Gasteiger partial charge in [-0.1, -0.05) is 19.3 Å². The van der Waals surface area contributed by atoms with E-state index >= 15 is 0 Å². The first-order valence-electron chi connectivity index (χ1n) is 6.43. The summed E-state index contributed by atoms with van der Waals surface area (Å²) in [6.07, 6.45) is 5.07. The van der Waals surface area contributed by atoms with E-state index in [1.807, 2.05) is 0 Å². The van der Waals surface area contributed by atoms with Crippen molar-refractivity contribution in [1.82, 2.24) is 0 Å². The Bertz CT molecular complexity index is 487. The number of phenols is 1. The first kappa shape index (κ1) is 13.7. The van der Waals surface area contributed by atoms with Gasteiger partial charge in [0.2, 0.25) is 0 Å². The van der Waals surface area contributed by atoms with Crippen LogP contribution in [0.3, 0.4) is 0 Å². The average Bonchev–Trinajstić information content (AvgIpc) is 2.41. The minimum absolute atomic E-state index is 0.138. The first-order chi connectivity index (χ1) is 9.00. The van der Waals surface area contributed by atoms with Crippen LogP contribution in [0.2, 0.25) is 0 Å². The van der Waals surface area contributed by atoms with Crippen LogP contribution in [0.25, 0.3) is 0 Å². The van der Waals surface area contributed by atoms with Crippen LogP contribution in [-0.4, -0.2) is 10.0 Å². The smallest absolute Gasteiger partial charge is 0.313 e. The van der Waals surface area contributed by atoms with Crippen LogP contribution < -0.4 is 5.73 Å². The molecule has 0 aliphatic heterocycles. The van der Waals surface area contributed by atoms with E-state index in [1.54, 1.807) is 0 Å². The Labute approximate surface area is 110 Å². The third-order valence-corrected chi connectivity index (χ3v) is 3.80. The molecule has 19 heavy (non-hydrogen) atoms. The molecule has 1 aliphatic rings. The number of rotatable bonds is 3. The van der Waals surface area contributed by atoms with Crippen LogP contribution in [0, 0.1) is 21.8 Å². The highest BCUT2D eigenvalue weighted by Crippen LogP contribution is 2.40. The predicted molar refractivity (Wildman–Crippen MR) is 68.2 cm³/mol. The fourth-order valence-corrected chi connectivity index (χ4v) is 2.75. The molecule has 3 N–H and O–H groups in total. The van der Waals surface area contributed by atoms with Gasteiger partial charge in [0.25, 0.3) is 0 Å². The molecule has 2 rings (SSSR count). The maximum absolute atomic E-state index is 13.4. The second-order valence-electron chi connectivity index (χ2n) is 5.04. The Morgan fingerprint density at radius 2 is 2.00 bits per heavy atom. The number of hydrogen-bond donors (Lipinski definition) is 2. The maximum Gasteiger partial charge on any atom is 0.313 e. The first-order valence-corrected chi connectivity index (χ1v) is 6.43. The van der Waals surface area contributed by atoms with Crippen molar-refractivity contribution >= 4 is 5.69 Å². The van der Waals surface area contributed by atoms with E-state index in [2.05, 4.69) is 0 Å². The molecule has 104 valence electrons. The molecule has 1 atom stereocenters. The summed E-state index contributed by atoms with van der Waals surface area (Å²) in [5.74, 6) is -1.11. The van der Waals surface area contributed by atoms with Gasteiger partial charge >= 0.3 is 5.69 Å². The molecular weight excluding hydrogens is 251 g/mol. The minimum atomic E-state index is -0.796. The second-order valence-corrected chi connectivity index (χ2v) is 5.04. The highest BCUT2D eigenvalue weighted by atomic mass is 19.1. The third-order valence-electron chi connectivity index (χ3n) is 3.80. The molecule has 1 aliphatic carbocycles. The van der Waals surface area contributed by atoms with Gasteiger partial charge in [0.1, 0.15) is 5.82 Å². The zero-order chi connectivity index (χ0) is 14.0. The molecule has 0 saturated heterocycles. The number of nitro benzene ring substituents is 1. The lowest BCUT2D eigenvalue weighted by Gasteiger charge is -2.28. The summed E-state index contributed by atoms with van der Waals surface area (Å²) in [6.45, 7) is 0. The fourth-order valence-electron chi connectivity index (χ4n) is 2.75. The van der Waals surface area contributed by atoms with Crippen molar-refractivity contribution in [2.24, 2.45) is 11.7 Å². The average molecular weight is 268 g/mol. The number of nitrogens with two attached hydrogens (primary N) is 1. The minimum Gasteiger partial charge on any atom is -0.502 e. The van der Waals surface area contributed by atoms with Crippen molar-refractivity contribution in [3.8, 4) is 5.75 Å². The van der Waals surface area contributed by atoms with Gasteiger partial charge in [-0.2, -0.15) is 0 Å². The normalized spacial score (nSPS) is 18.2. The van der Waals surface area contributed by atoms with Gasteiger partial charge in [0.05, 0.1) is 11.0 Å². The molecule has 6 heteroatoms. The van der Waals surface area contributed by atoms with Gasteiger partial charge in [-0.05, 0) is 24.8 Å². The topological polar surface area (TPSA) is 89.4 Å². The van der Waals surface area contributed by atoms with E-state index < -0.39 is 28.2 Å². The summed E-state index contributed by atoms with van der Waals surface area (Å²) in [5.41, 5.74) is 5.57. The SMILES string of the molecule is N[C@@H](c1cc(F)cc([N+](=O)[O-])c1O)C1CCCCC1. The van der Waals surface area contributed by atoms with Crippen molar-refractivity contribution in [2.75, 3.05) is 0 Å². The van der Waals surface area contributed by atoms with Gasteiger partial charge in [-0.25, -0.2) is 4.39 Å². The lowest BCUT2D eigenvalue weighted by molar-refractivity contribution is -0.386. The van der Waals surface area contributed by atoms with Crippen molar-refractivity contribution in [3.63, 3.8) is 0 Å². The molecule has 5 nitrogen and oxygen atoms in total. The van der Waals surface area contributed by atoms with Gasteiger partial charge in [0, 0.05) is 11.6 Å². The third kappa shape index (κ3) is 2.84. The molecule has 1 aromatic carbocycles. The highest BCUT2D eigenvalue weighted by Gasteiger charge is 2.28. The van der Waals surface area contributed by atoms with Crippen LogP contribution >= 0.6 is 0 Å². The number of nitro groups is 1. The van der Waals surface area contributed by atoms with E-state index in [1.165, 1.54) is 0 Å². The zero-order valence-electron chi connectivity index (χ0n) is 10.5. The molecular formula is C13H17FN2O3. The van der Waals surface area contributed by atoms with E-state index in [0.717, 1.165) is 38.2 Å². The summed E-state index contributed by atoms with van der Waals surface area (Å²) in [4.78, 5) is 9.97. The Morgan fingerprint density at radius 1 is 1.37 bits per heavy atom. The standard InChI is InChI=1S/C13H17FN2O3/c14-9-6-10(13(17)11(7-9)16(18)19)12(15)8-4-2-1-3-5-8/h6-8,12,17H,1-5,15H2/t12-/m1/s1. The van der Waals surface area contributed by atoms with Gasteiger partial charge < -0.3 is 10.8 Å². The van der Waals surface area contributed by atoms with E-state index in [9.17, 15) is 19.6 Å². The number of phenolic OH excluding ortho intramolecular Hbond substituents is 1. The fraction of sp³-hybridized carbons (Fsp3) is 0.538. The Morgan fingerprint density at radius 3 is 2.58 bits per heavy atom. The summed E-state index contributed by atoms with van der Waals surface area (Å²) >= 11 is 0. The quantitative estimate of drug-likeness (QED) is 0.651. The Hall–Kier alpha value is -1.69. The number of aromatic hydroxyl groups is 1.